The summed E-state index contributed by atoms with van der Waals surface area (Å²) in [6.07, 6.45) is 3.59. The average molecular weight is 317 g/mol. The molecule has 0 amide bonds. The van der Waals surface area contributed by atoms with Crippen LogP contribution in [0, 0.1) is 5.92 Å². The summed E-state index contributed by atoms with van der Waals surface area (Å²) >= 11 is 0. The summed E-state index contributed by atoms with van der Waals surface area (Å²) in [4.78, 5) is 23.7. The Morgan fingerprint density at radius 2 is 2.09 bits per heavy atom. The van der Waals surface area contributed by atoms with Gasteiger partial charge in [-0.1, -0.05) is 31.2 Å². The van der Waals surface area contributed by atoms with Gasteiger partial charge in [0.25, 0.3) is 0 Å². The fourth-order valence-electron chi connectivity index (χ4n) is 2.99. The van der Waals surface area contributed by atoms with Crippen LogP contribution in [0.4, 0.5) is 0 Å². The first-order valence-electron chi connectivity index (χ1n) is 8.60. The number of hydrogen-bond acceptors (Lipinski definition) is 4. The summed E-state index contributed by atoms with van der Waals surface area (Å²) in [5.74, 6) is 0.126. The van der Waals surface area contributed by atoms with E-state index in [1.54, 1.807) is 0 Å². The smallest absolute Gasteiger partial charge is 0.313 e. The second kappa shape index (κ2) is 8.82. The molecule has 1 aromatic carbocycles. The van der Waals surface area contributed by atoms with E-state index in [1.165, 1.54) is 5.56 Å². The topological polar surface area (TPSA) is 55.4 Å². The van der Waals surface area contributed by atoms with Gasteiger partial charge in [0.2, 0.25) is 0 Å². The molecular weight excluding hydrogens is 290 g/mol. The van der Waals surface area contributed by atoms with E-state index in [0.29, 0.717) is 18.9 Å². The van der Waals surface area contributed by atoms with Crippen molar-refractivity contribution in [2.24, 2.45) is 5.92 Å². The quantitative estimate of drug-likeness (QED) is 0.592. The molecule has 0 heterocycles. The maximum Gasteiger partial charge on any atom is 0.313 e. The number of Topliss-reactive ketones (excluding diaryl/α,β-unsaturated/α-hetero) is 1. The van der Waals surface area contributed by atoms with Crippen LogP contribution in [0.2, 0.25) is 0 Å². The van der Waals surface area contributed by atoms with Crippen molar-refractivity contribution in [1.29, 1.82) is 0 Å². The molecule has 1 N–H and O–H groups in total. The second-order valence-electron chi connectivity index (χ2n) is 6.24. The van der Waals surface area contributed by atoms with E-state index in [2.05, 4.69) is 5.32 Å². The molecule has 1 aromatic rings. The van der Waals surface area contributed by atoms with Crippen LogP contribution < -0.4 is 5.32 Å². The van der Waals surface area contributed by atoms with Crippen molar-refractivity contribution in [3.63, 3.8) is 0 Å². The van der Waals surface area contributed by atoms with Gasteiger partial charge in [0, 0.05) is 18.9 Å². The maximum absolute atomic E-state index is 12.0. The van der Waals surface area contributed by atoms with Crippen LogP contribution in [0.3, 0.4) is 0 Å². The van der Waals surface area contributed by atoms with Crippen LogP contribution in [0.15, 0.2) is 24.3 Å². The Labute approximate surface area is 138 Å². The van der Waals surface area contributed by atoms with E-state index >= 15 is 0 Å². The molecule has 2 unspecified atom stereocenters. The van der Waals surface area contributed by atoms with E-state index in [1.807, 2.05) is 38.1 Å². The van der Waals surface area contributed by atoms with E-state index in [-0.39, 0.29) is 17.8 Å². The number of ether oxygens (including phenoxy) is 1. The van der Waals surface area contributed by atoms with Gasteiger partial charge in [-0.15, -0.1) is 0 Å². The zero-order valence-corrected chi connectivity index (χ0v) is 14.1. The molecule has 4 heteroatoms. The molecular formula is C19H27NO3. The number of hydrogen-bond donors (Lipinski definition) is 1. The van der Waals surface area contributed by atoms with Gasteiger partial charge in [-0.05, 0) is 43.9 Å². The zero-order chi connectivity index (χ0) is 16.7. The fourth-order valence-corrected chi connectivity index (χ4v) is 2.99. The Bertz CT molecular complexity index is 524. The van der Waals surface area contributed by atoms with Crippen molar-refractivity contribution in [1.82, 2.24) is 5.32 Å². The van der Waals surface area contributed by atoms with Crippen molar-refractivity contribution in [3.05, 3.63) is 35.4 Å². The first-order valence-corrected chi connectivity index (χ1v) is 8.60. The molecule has 1 saturated carbocycles. The van der Waals surface area contributed by atoms with Crippen molar-refractivity contribution >= 4 is 11.8 Å². The predicted octanol–water partition coefficient (Wildman–Crippen LogP) is 2.85. The first-order chi connectivity index (χ1) is 11.1. The third-order valence-electron chi connectivity index (χ3n) is 4.52. The highest BCUT2D eigenvalue weighted by Crippen LogP contribution is 2.26. The molecule has 0 aliphatic heterocycles. The van der Waals surface area contributed by atoms with Gasteiger partial charge < -0.3 is 10.1 Å². The summed E-state index contributed by atoms with van der Waals surface area (Å²) in [5.41, 5.74) is 2.13. The summed E-state index contributed by atoms with van der Waals surface area (Å²) in [6.45, 7) is 5.84. The van der Waals surface area contributed by atoms with Crippen LogP contribution in [-0.2, 0) is 20.7 Å². The summed E-state index contributed by atoms with van der Waals surface area (Å²) in [7, 11) is 0. The minimum Gasteiger partial charge on any atom is -0.464 e. The SMILES string of the molecule is CCNCCOC(=O)C(C)c1ccc(CC2CCCC2=O)cc1. The standard InChI is InChI=1S/C19H27NO3/c1-3-20-11-12-23-19(22)14(2)16-9-7-15(8-10-16)13-17-5-4-6-18(17)21/h7-10,14,17,20H,3-6,11-13H2,1-2H3. The summed E-state index contributed by atoms with van der Waals surface area (Å²) in [5, 5.41) is 3.12. The van der Waals surface area contributed by atoms with Gasteiger partial charge in [0.15, 0.2) is 0 Å². The number of nitrogens with one attached hydrogen (secondary N) is 1. The molecule has 0 saturated heterocycles. The van der Waals surface area contributed by atoms with Gasteiger partial charge in [0.05, 0.1) is 5.92 Å². The molecule has 0 bridgehead atoms. The second-order valence-corrected chi connectivity index (χ2v) is 6.24. The van der Waals surface area contributed by atoms with Gasteiger partial charge in [-0.25, -0.2) is 0 Å². The molecule has 1 aliphatic rings. The normalized spacial score (nSPS) is 18.9. The minimum atomic E-state index is -0.265. The van der Waals surface area contributed by atoms with Gasteiger partial charge >= 0.3 is 5.97 Å². The molecule has 0 radical (unpaired) electrons. The Kier molecular flexibility index (Phi) is 6.78. The Morgan fingerprint density at radius 1 is 1.35 bits per heavy atom. The highest BCUT2D eigenvalue weighted by molar-refractivity contribution is 5.83. The number of rotatable bonds is 8. The number of carbonyl (C=O) groups excluding carboxylic acids is 2. The highest BCUT2D eigenvalue weighted by Gasteiger charge is 2.24. The summed E-state index contributed by atoms with van der Waals surface area (Å²) < 4.78 is 5.27. The van der Waals surface area contributed by atoms with Crippen LogP contribution in [0.1, 0.15) is 50.2 Å². The number of likely N-dealkylation sites (N-methyl/N-ethyl adjacent to an activating group) is 1. The van der Waals surface area contributed by atoms with Gasteiger partial charge in [-0.3, -0.25) is 9.59 Å². The van der Waals surface area contributed by atoms with Crippen LogP contribution >= 0.6 is 0 Å². The first kappa shape index (κ1) is 17.7. The Hall–Kier alpha value is -1.68. The van der Waals surface area contributed by atoms with Crippen molar-refractivity contribution < 1.29 is 14.3 Å². The highest BCUT2D eigenvalue weighted by atomic mass is 16.5. The third kappa shape index (κ3) is 5.17. The Balaban J connectivity index is 1.85. The molecule has 23 heavy (non-hydrogen) atoms. The summed E-state index contributed by atoms with van der Waals surface area (Å²) in [6, 6.07) is 8.02. The number of esters is 1. The lowest BCUT2D eigenvalue weighted by atomic mass is 9.94. The number of ketones is 1. The van der Waals surface area contributed by atoms with Crippen molar-refractivity contribution in [2.45, 2.75) is 45.4 Å². The van der Waals surface area contributed by atoms with E-state index in [9.17, 15) is 9.59 Å². The average Bonchev–Trinajstić information content (AvgIpc) is 2.96. The molecule has 1 fully saturated rings. The minimum absolute atomic E-state index is 0.189. The monoisotopic (exact) mass is 317 g/mol. The molecule has 126 valence electrons. The van der Waals surface area contributed by atoms with Gasteiger partial charge in [-0.2, -0.15) is 0 Å². The largest absolute Gasteiger partial charge is 0.464 e. The number of carbonyl (C=O) groups is 2. The lowest BCUT2D eigenvalue weighted by Crippen LogP contribution is -2.22. The van der Waals surface area contributed by atoms with Crippen molar-refractivity contribution in [3.8, 4) is 0 Å². The molecule has 1 aliphatic carbocycles. The van der Waals surface area contributed by atoms with Gasteiger partial charge in [0.1, 0.15) is 12.4 Å². The lowest BCUT2D eigenvalue weighted by molar-refractivity contribution is -0.144. The van der Waals surface area contributed by atoms with Crippen molar-refractivity contribution in [2.75, 3.05) is 19.7 Å². The molecule has 0 aromatic heterocycles. The molecule has 2 atom stereocenters. The predicted molar refractivity (Wildman–Crippen MR) is 90.4 cm³/mol. The fraction of sp³-hybridized carbons (Fsp3) is 0.579. The van der Waals surface area contributed by atoms with E-state index in [4.69, 9.17) is 4.74 Å². The molecule has 2 rings (SSSR count). The molecule has 0 spiro atoms. The zero-order valence-electron chi connectivity index (χ0n) is 14.1. The third-order valence-corrected chi connectivity index (χ3v) is 4.52. The lowest BCUT2D eigenvalue weighted by Gasteiger charge is -2.13. The van der Waals surface area contributed by atoms with Crippen LogP contribution in [-0.4, -0.2) is 31.4 Å². The molecule has 4 nitrogen and oxygen atoms in total. The van der Waals surface area contributed by atoms with E-state index in [0.717, 1.165) is 37.8 Å². The number of benzene rings is 1. The Morgan fingerprint density at radius 3 is 2.70 bits per heavy atom. The van der Waals surface area contributed by atoms with Crippen LogP contribution in [0.25, 0.3) is 0 Å². The maximum atomic E-state index is 12.0. The van der Waals surface area contributed by atoms with Crippen LogP contribution in [0.5, 0.6) is 0 Å². The van der Waals surface area contributed by atoms with E-state index < -0.39 is 0 Å².